The molecule has 0 fully saturated rings. The van der Waals surface area contributed by atoms with E-state index >= 15 is 0 Å². The van der Waals surface area contributed by atoms with E-state index in [1.807, 2.05) is 36.4 Å². The third kappa shape index (κ3) is 5.60. The Labute approximate surface area is 247 Å². The molecule has 40 heavy (non-hydrogen) atoms. The normalized spacial score (nSPS) is 12.2. The molecule has 1 nitrogen and oxygen atoms in total. The molecule has 4 aromatic rings. The van der Waals surface area contributed by atoms with Crippen LogP contribution in [0.2, 0.25) is 10.0 Å². The van der Waals surface area contributed by atoms with Gasteiger partial charge in [-0.1, -0.05) is 113 Å². The van der Waals surface area contributed by atoms with Crippen molar-refractivity contribution < 1.29 is 4.79 Å². The van der Waals surface area contributed by atoms with Gasteiger partial charge in [-0.05, 0) is 81.6 Å². The summed E-state index contributed by atoms with van der Waals surface area (Å²) in [5, 5.41) is 0.994. The van der Waals surface area contributed by atoms with Crippen LogP contribution in [0.5, 0.6) is 0 Å². The third-order valence-corrected chi connectivity index (χ3v) is 7.80. The zero-order valence-corrected chi connectivity index (χ0v) is 25.1. The van der Waals surface area contributed by atoms with Gasteiger partial charge in [0.05, 0.1) is 10.0 Å². The van der Waals surface area contributed by atoms with Crippen LogP contribution < -0.4 is 0 Å². The average molecular weight is 562 g/mol. The molecule has 0 amide bonds. The SMILES string of the molecule is CC(C)(C)c1ccc(C#Cc2cc3c(cc2Cl)-c2cc(Cl)c(C#Cc4ccc(C(C)(C)C)cc4)cc2C3=O)cc1. The zero-order valence-electron chi connectivity index (χ0n) is 23.6. The van der Waals surface area contributed by atoms with Gasteiger partial charge in [0.15, 0.2) is 5.78 Å². The first-order chi connectivity index (χ1) is 18.8. The second-order valence-corrected chi connectivity index (χ2v) is 13.1. The maximum absolute atomic E-state index is 13.4. The number of ketones is 1. The Kier molecular flexibility index (Phi) is 7.18. The molecular weight excluding hydrogens is 531 g/mol. The van der Waals surface area contributed by atoms with E-state index in [0.717, 1.165) is 22.3 Å². The topological polar surface area (TPSA) is 17.1 Å². The van der Waals surface area contributed by atoms with Gasteiger partial charge in [0, 0.05) is 33.4 Å². The van der Waals surface area contributed by atoms with E-state index in [1.54, 1.807) is 12.1 Å². The van der Waals surface area contributed by atoms with Gasteiger partial charge in [-0.3, -0.25) is 4.79 Å². The van der Waals surface area contributed by atoms with Gasteiger partial charge in [-0.2, -0.15) is 0 Å². The lowest BCUT2D eigenvalue weighted by molar-refractivity contribution is 0.104. The number of carbonyl (C=O) groups excluding carboxylic acids is 1. The van der Waals surface area contributed by atoms with Gasteiger partial charge in [-0.25, -0.2) is 0 Å². The number of hydrogen-bond acceptors (Lipinski definition) is 1. The highest BCUT2D eigenvalue weighted by Crippen LogP contribution is 2.41. The summed E-state index contributed by atoms with van der Waals surface area (Å²) < 4.78 is 0. The number of fused-ring (bicyclic) bond motifs is 3. The van der Waals surface area contributed by atoms with E-state index in [9.17, 15) is 4.79 Å². The summed E-state index contributed by atoms with van der Waals surface area (Å²) in [6, 6.07) is 23.6. The molecule has 0 aromatic heterocycles. The molecular formula is C37H30Cl2O. The minimum Gasteiger partial charge on any atom is -0.289 e. The molecule has 0 saturated carbocycles. The number of carbonyl (C=O) groups is 1. The van der Waals surface area contributed by atoms with Crippen molar-refractivity contribution in [2.75, 3.05) is 0 Å². The molecule has 0 spiro atoms. The van der Waals surface area contributed by atoms with Crippen molar-refractivity contribution in [3.05, 3.63) is 127 Å². The molecule has 1 aliphatic rings. The lowest BCUT2D eigenvalue weighted by Gasteiger charge is -2.18. The summed E-state index contributed by atoms with van der Waals surface area (Å²) in [6.07, 6.45) is 0. The second-order valence-electron chi connectivity index (χ2n) is 12.2. The first kappa shape index (κ1) is 27.8. The molecule has 0 aliphatic heterocycles. The minimum absolute atomic E-state index is 0.0755. The van der Waals surface area contributed by atoms with Gasteiger partial charge in [0.1, 0.15) is 0 Å². The molecule has 3 heteroatoms. The first-order valence-electron chi connectivity index (χ1n) is 13.3. The smallest absolute Gasteiger partial charge is 0.194 e. The fraction of sp³-hybridized carbons (Fsp3) is 0.216. The minimum atomic E-state index is -0.0755. The number of benzene rings is 4. The molecule has 0 N–H and O–H groups in total. The highest BCUT2D eigenvalue weighted by Gasteiger charge is 2.29. The standard InChI is InChI=1S/C37H30Cl2O/c1-36(2,3)27-15-9-23(10-16-27)7-13-25-19-31-29(21-33(25)38)30-22-34(39)26(20-32(30)35(31)40)14-8-24-11-17-28(18-12-24)37(4,5)6/h9-12,15-22H,1-6H3. The largest absolute Gasteiger partial charge is 0.289 e. The van der Waals surface area contributed by atoms with Crippen LogP contribution in [0.4, 0.5) is 0 Å². The van der Waals surface area contributed by atoms with Crippen LogP contribution in [0, 0.1) is 23.7 Å². The van der Waals surface area contributed by atoms with E-state index in [-0.39, 0.29) is 16.6 Å². The molecule has 0 atom stereocenters. The van der Waals surface area contributed by atoms with Crippen molar-refractivity contribution in [2.24, 2.45) is 0 Å². The predicted molar refractivity (Wildman–Crippen MR) is 168 cm³/mol. The maximum Gasteiger partial charge on any atom is 0.194 e. The van der Waals surface area contributed by atoms with E-state index in [4.69, 9.17) is 23.2 Å². The van der Waals surface area contributed by atoms with Crippen molar-refractivity contribution in [2.45, 2.75) is 52.4 Å². The number of rotatable bonds is 0. The summed E-state index contributed by atoms with van der Waals surface area (Å²) in [5.74, 6) is 12.6. The highest BCUT2D eigenvalue weighted by atomic mass is 35.5. The summed E-state index contributed by atoms with van der Waals surface area (Å²) in [6.45, 7) is 13.1. The molecule has 198 valence electrons. The van der Waals surface area contributed by atoms with Crippen molar-refractivity contribution in [1.29, 1.82) is 0 Å². The Hall–Kier alpha value is -3.75. The van der Waals surface area contributed by atoms with Crippen molar-refractivity contribution in [3.63, 3.8) is 0 Å². The second kappa shape index (κ2) is 10.3. The average Bonchev–Trinajstić information content (AvgIpc) is 3.15. The van der Waals surface area contributed by atoms with Gasteiger partial charge in [-0.15, -0.1) is 0 Å². The Morgan fingerprint density at radius 2 is 0.850 bits per heavy atom. The van der Waals surface area contributed by atoms with Crippen molar-refractivity contribution >= 4 is 29.0 Å². The van der Waals surface area contributed by atoms with Gasteiger partial charge >= 0.3 is 0 Å². The number of halogens is 2. The fourth-order valence-corrected chi connectivity index (χ4v) is 5.11. The van der Waals surface area contributed by atoms with Crippen molar-refractivity contribution in [3.8, 4) is 34.8 Å². The molecule has 0 radical (unpaired) electrons. The van der Waals surface area contributed by atoms with E-state index in [2.05, 4.69) is 89.5 Å². The lowest BCUT2D eigenvalue weighted by Crippen LogP contribution is -2.10. The molecule has 0 saturated heterocycles. The lowest BCUT2D eigenvalue weighted by atomic mass is 9.87. The molecule has 0 unspecified atom stereocenters. The van der Waals surface area contributed by atoms with Crippen LogP contribution in [0.25, 0.3) is 11.1 Å². The maximum atomic E-state index is 13.4. The summed E-state index contributed by atoms with van der Waals surface area (Å²) in [7, 11) is 0. The predicted octanol–water partition coefficient (Wildman–Crippen LogP) is 9.60. The quantitative estimate of drug-likeness (QED) is 0.172. The highest BCUT2D eigenvalue weighted by molar-refractivity contribution is 6.35. The fourth-order valence-electron chi connectivity index (χ4n) is 4.69. The molecule has 4 aromatic carbocycles. The molecule has 1 aliphatic carbocycles. The van der Waals surface area contributed by atoms with Crippen LogP contribution in [0.15, 0.2) is 72.8 Å². The van der Waals surface area contributed by atoms with Gasteiger partial charge in [0.2, 0.25) is 0 Å². The Morgan fingerprint density at radius 1 is 0.500 bits per heavy atom. The number of hydrogen-bond donors (Lipinski definition) is 0. The summed E-state index contributed by atoms with van der Waals surface area (Å²) >= 11 is 13.3. The van der Waals surface area contributed by atoms with Crippen LogP contribution in [-0.4, -0.2) is 5.78 Å². The van der Waals surface area contributed by atoms with Crippen LogP contribution in [0.1, 0.15) is 90.8 Å². The van der Waals surface area contributed by atoms with Crippen molar-refractivity contribution in [1.82, 2.24) is 0 Å². The van der Waals surface area contributed by atoms with Crippen LogP contribution in [-0.2, 0) is 10.8 Å². The summed E-state index contributed by atoms with van der Waals surface area (Å²) in [5.41, 5.74) is 8.36. The van der Waals surface area contributed by atoms with E-state index in [0.29, 0.717) is 32.3 Å². The van der Waals surface area contributed by atoms with Gasteiger partial charge < -0.3 is 0 Å². The van der Waals surface area contributed by atoms with Gasteiger partial charge in [0.25, 0.3) is 0 Å². The Morgan fingerprint density at radius 3 is 1.18 bits per heavy atom. The third-order valence-electron chi connectivity index (χ3n) is 7.18. The van der Waals surface area contributed by atoms with E-state index < -0.39 is 0 Å². The van der Waals surface area contributed by atoms with E-state index in [1.165, 1.54) is 11.1 Å². The molecule has 5 rings (SSSR count). The molecule has 0 heterocycles. The molecule has 0 bridgehead atoms. The Bertz CT molecular complexity index is 1640. The Balaban J connectivity index is 1.44. The zero-order chi connectivity index (χ0) is 28.8. The van der Waals surface area contributed by atoms with Crippen LogP contribution in [0.3, 0.4) is 0 Å². The summed E-state index contributed by atoms with van der Waals surface area (Å²) in [4.78, 5) is 13.4. The monoisotopic (exact) mass is 560 g/mol. The van der Waals surface area contributed by atoms with Crippen LogP contribution >= 0.6 is 23.2 Å². The first-order valence-corrected chi connectivity index (χ1v) is 14.0.